The zero-order valence-corrected chi connectivity index (χ0v) is 18.6. The zero-order valence-electron chi connectivity index (χ0n) is 18.6. The number of aromatic amines is 1. The van der Waals surface area contributed by atoms with Crippen molar-refractivity contribution in [2.45, 2.75) is 25.3 Å². The number of benzene rings is 1. The van der Waals surface area contributed by atoms with Gasteiger partial charge in [-0.15, -0.1) is 0 Å². The van der Waals surface area contributed by atoms with Crippen LogP contribution in [0.15, 0.2) is 36.5 Å². The van der Waals surface area contributed by atoms with Crippen LogP contribution in [0, 0.1) is 0 Å². The maximum atomic E-state index is 13.4. The lowest BCUT2D eigenvalue weighted by Crippen LogP contribution is -2.39. The average molecular weight is 463 g/mol. The predicted octanol–water partition coefficient (Wildman–Crippen LogP) is 4.11. The Morgan fingerprint density at radius 3 is 2.91 bits per heavy atom. The normalized spacial score (nSPS) is 16.3. The van der Waals surface area contributed by atoms with Crippen LogP contribution < -0.4 is 14.8 Å². The monoisotopic (exact) mass is 462 g/mol. The number of fused-ring (bicyclic) bond motifs is 3. The molecule has 9 heteroatoms. The summed E-state index contributed by atoms with van der Waals surface area (Å²) in [6, 6.07) is 9.24. The summed E-state index contributed by atoms with van der Waals surface area (Å²) in [7, 11) is 1.55. The molecule has 0 fully saturated rings. The van der Waals surface area contributed by atoms with E-state index in [0.717, 1.165) is 22.2 Å². The van der Waals surface area contributed by atoms with Crippen LogP contribution >= 0.6 is 0 Å². The highest BCUT2D eigenvalue weighted by molar-refractivity contribution is 5.85. The number of hydrogen-bond acceptors (Lipinski definition) is 5. The van der Waals surface area contributed by atoms with Crippen LogP contribution in [-0.4, -0.2) is 67.9 Å². The second-order valence-electron chi connectivity index (χ2n) is 8.01. The highest BCUT2D eigenvalue weighted by atomic mass is 19.3. The van der Waals surface area contributed by atoms with E-state index in [0.29, 0.717) is 56.3 Å². The Bertz CT molecular complexity index is 1060. The van der Waals surface area contributed by atoms with Crippen molar-refractivity contribution in [2.24, 2.45) is 0 Å². The van der Waals surface area contributed by atoms with Crippen LogP contribution in [0.1, 0.15) is 29.3 Å². The summed E-state index contributed by atoms with van der Waals surface area (Å²) in [5.74, 6) is 0.914. The number of H-pyrrole nitrogens is 1. The van der Waals surface area contributed by atoms with Gasteiger partial charge in [0.1, 0.15) is 12.4 Å². The molecule has 2 N–H and O–H groups in total. The number of nitrogens with zero attached hydrogens (tertiary/aromatic N) is 2. The van der Waals surface area contributed by atoms with Gasteiger partial charge >= 0.3 is 0 Å². The standard InChI is InChI=1S/C24H29F3N4O2/c1-32-20-13-22(33-12-10-28-9-4-8-25)29-14-18(20)24-23-17(7-11-31(24)15-21(26)27)16-5-2-3-6-19(16)30-23/h2-3,5-6,13-14,21,24,28,30H,4,7-12,15H2,1H3. The molecule has 1 aliphatic rings. The summed E-state index contributed by atoms with van der Waals surface area (Å²) < 4.78 is 50.4. The topological polar surface area (TPSA) is 62.4 Å². The maximum absolute atomic E-state index is 13.4. The molecular weight excluding hydrogens is 433 g/mol. The molecule has 0 saturated carbocycles. The van der Waals surface area contributed by atoms with Crippen LogP contribution in [0.4, 0.5) is 13.2 Å². The van der Waals surface area contributed by atoms with Crippen molar-refractivity contribution >= 4 is 10.9 Å². The molecule has 0 bridgehead atoms. The van der Waals surface area contributed by atoms with Crippen molar-refractivity contribution in [3.8, 4) is 11.6 Å². The molecule has 1 atom stereocenters. The lowest BCUT2D eigenvalue weighted by atomic mass is 9.92. The van der Waals surface area contributed by atoms with Gasteiger partial charge in [-0.2, -0.15) is 0 Å². The minimum Gasteiger partial charge on any atom is -0.496 e. The molecule has 0 radical (unpaired) electrons. The zero-order chi connectivity index (χ0) is 23.2. The third-order valence-corrected chi connectivity index (χ3v) is 5.91. The fourth-order valence-electron chi connectivity index (χ4n) is 4.45. The quantitative estimate of drug-likeness (QED) is 0.420. The predicted molar refractivity (Wildman–Crippen MR) is 121 cm³/mol. The summed E-state index contributed by atoms with van der Waals surface area (Å²) in [6.45, 7) is 1.34. The molecule has 2 aromatic heterocycles. The molecule has 3 aromatic rings. The molecule has 1 unspecified atom stereocenters. The van der Waals surface area contributed by atoms with Crippen LogP contribution in [0.2, 0.25) is 0 Å². The van der Waals surface area contributed by atoms with Crippen molar-refractivity contribution < 1.29 is 22.6 Å². The van der Waals surface area contributed by atoms with E-state index >= 15 is 0 Å². The Kier molecular flexibility index (Phi) is 7.72. The Morgan fingerprint density at radius 2 is 2.12 bits per heavy atom. The summed E-state index contributed by atoms with van der Waals surface area (Å²) >= 11 is 0. The van der Waals surface area contributed by atoms with Gasteiger partial charge in [0.15, 0.2) is 0 Å². The van der Waals surface area contributed by atoms with Gasteiger partial charge in [0.2, 0.25) is 5.88 Å². The van der Waals surface area contributed by atoms with Gasteiger partial charge in [-0.25, -0.2) is 13.8 Å². The van der Waals surface area contributed by atoms with Crippen LogP contribution in [0.3, 0.4) is 0 Å². The largest absolute Gasteiger partial charge is 0.496 e. The van der Waals surface area contributed by atoms with Gasteiger partial charge in [0.05, 0.1) is 26.4 Å². The first-order valence-electron chi connectivity index (χ1n) is 11.2. The molecule has 0 spiro atoms. The Labute approximate surface area is 191 Å². The molecule has 3 heterocycles. The molecule has 6 nitrogen and oxygen atoms in total. The number of para-hydroxylation sites is 1. The minimum atomic E-state index is -2.45. The van der Waals surface area contributed by atoms with Gasteiger partial charge in [0.25, 0.3) is 6.43 Å². The van der Waals surface area contributed by atoms with Gasteiger partial charge < -0.3 is 19.8 Å². The van der Waals surface area contributed by atoms with E-state index in [1.807, 2.05) is 18.2 Å². The maximum Gasteiger partial charge on any atom is 0.251 e. The summed E-state index contributed by atoms with van der Waals surface area (Å²) in [5.41, 5.74) is 3.73. The number of halogens is 3. The molecule has 0 amide bonds. The van der Waals surface area contributed by atoms with Gasteiger partial charge in [0, 0.05) is 47.5 Å². The van der Waals surface area contributed by atoms with E-state index in [9.17, 15) is 13.2 Å². The summed E-state index contributed by atoms with van der Waals surface area (Å²) in [5, 5.41) is 4.20. The average Bonchev–Trinajstić information content (AvgIpc) is 3.19. The lowest BCUT2D eigenvalue weighted by Gasteiger charge is -2.36. The van der Waals surface area contributed by atoms with Crippen LogP contribution in [0.25, 0.3) is 10.9 Å². The Morgan fingerprint density at radius 1 is 1.27 bits per heavy atom. The highest BCUT2D eigenvalue weighted by Gasteiger charge is 2.35. The third-order valence-electron chi connectivity index (χ3n) is 5.91. The fourth-order valence-corrected chi connectivity index (χ4v) is 4.45. The van der Waals surface area contributed by atoms with Crippen molar-refractivity contribution in [1.29, 1.82) is 0 Å². The van der Waals surface area contributed by atoms with E-state index in [-0.39, 0.29) is 13.2 Å². The van der Waals surface area contributed by atoms with Crippen molar-refractivity contribution in [2.75, 3.05) is 46.6 Å². The van der Waals surface area contributed by atoms with E-state index in [2.05, 4.69) is 21.4 Å². The molecular formula is C24H29F3N4O2. The molecule has 178 valence electrons. The van der Waals surface area contributed by atoms with Crippen molar-refractivity contribution in [3.05, 3.63) is 53.3 Å². The lowest BCUT2D eigenvalue weighted by molar-refractivity contribution is 0.0690. The van der Waals surface area contributed by atoms with Crippen molar-refractivity contribution in [3.63, 3.8) is 0 Å². The summed E-state index contributed by atoms with van der Waals surface area (Å²) in [6.07, 6.45) is 0.348. The minimum absolute atomic E-state index is 0.342. The molecule has 1 aliphatic heterocycles. The number of ether oxygens (including phenoxy) is 2. The Balaban J connectivity index is 1.62. The Hall–Kier alpha value is -2.78. The molecule has 0 aliphatic carbocycles. The summed E-state index contributed by atoms with van der Waals surface area (Å²) in [4.78, 5) is 9.65. The molecule has 4 rings (SSSR count). The van der Waals surface area contributed by atoms with Gasteiger partial charge in [-0.1, -0.05) is 18.2 Å². The number of rotatable bonds is 11. The third kappa shape index (κ3) is 5.25. The fraction of sp³-hybridized carbons (Fsp3) is 0.458. The van der Waals surface area contributed by atoms with E-state index in [1.165, 1.54) is 0 Å². The van der Waals surface area contributed by atoms with E-state index < -0.39 is 12.5 Å². The number of nitrogens with one attached hydrogen (secondary N) is 2. The number of aromatic nitrogens is 2. The van der Waals surface area contributed by atoms with Gasteiger partial charge in [-0.3, -0.25) is 9.29 Å². The number of pyridine rings is 1. The highest BCUT2D eigenvalue weighted by Crippen LogP contribution is 2.42. The van der Waals surface area contributed by atoms with E-state index in [4.69, 9.17) is 9.47 Å². The number of hydrogen-bond donors (Lipinski definition) is 2. The SMILES string of the molecule is COc1cc(OCCNCCCF)ncc1C1c2[nH]c3ccccc3c2CCN1CC(F)F. The van der Waals surface area contributed by atoms with Crippen molar-refractivity contribution in [1.82, 2.24) is 20.2 Å². The number of methoxy groups -OCH3 is 1. The van der Waals surface area contributed by atoms with Crippen LogP contribution in [-0.2, 0) is 6.42 Å². The number of alkyl halides is 3. The first-order valence-corrected chi connectivity index (χ1v) is 11.2. The molecule has 33 heavy (non-hydrogen) atoms. The first kappa shape index (κ1) is 23.4. The molecule has 0 saturated heterocycles. The van der Waals surface area contributed by atoms with Crippen LogP contribution in [0.5, 0.6) is 11.6 Å². The van der Waals surface area contributed by atoms with E-state index in [1.54, 1.807) is 24.3 Å². The second kappa shape index (κ2) is 10.9. The van der Waals surface area contributed by atoms with Gasteiger partial charge in [-0.05, 0) is 31.0 Å². The molecule has 1 aromatic carbocycles. The smallest absolute Gasteiger partial charge is 0.251 e. The first-order chi connectivity index (χ1) is 16.1. The second-order valence-corrected chi connectivity index (χ2v) is 8.01.